The van der Waals surface area contributed by atoms with E-state index in [9.17, 15) is 4.79 Å². The van der Waals surface area contributed by atoms with Crippen molar-refractivity contribution in [3.63, 3.8) is 0 Å². The standard InChI is InChI=1S/C17H21NO/c1-13-6-8-14(9-7-13)18-16-10-3-2-5-15(19)17(16,18)12-4-11-16/h6-9H,2-5,10-12H2,1H3. The van der Waals surface area contributed by atoms with Crippen molar-refractivity contribution < 1.29 is 4.79 Å². The zero-order chi connectivity index (χ0) is 13.1. The summed E-state index contributed by atoms with van der Waals surface area (Å²) in [6.45, 7) is 2.12. The summed E-state index contributed by atoms with van der Waals surface area (Å²) >= 11 is 0. The van der Waals surface area contributed by atoms with Crippen molar-refractivity contribution >= 4 is 11.5 Å². The first-order valence-corrected chi connectivity index (χ1v) is 7.61. The van der Waals surface area contributed by atoms with E-state index in [1.165, 1.54) is 36.9 Å². The Kier molecular flexibility index (Phi) is 2.19. The summed E-state index contributed by atoms with van der Waals surface area (Å²) in [6, 6.07) is 8.74. The van der Waals surface area contributed by atoms with Crippen molar-refractivity contribution in [1.82, 2.24) is 0 Å². The highest BCUT2D eigenvalue weighted by Gasteiger charge is 2.79. The molecule has 1 aromatic rings. The maximum atomic E-state index is 12.7. The monoisotopic (exact) mass is 255 g/mol. The summed E-state index contributed by atoms with van der Waals surface area (Å²) < 4.78 is 0. The molecule has 0 spiro atoms. The lowest BCUT2D eigenvalue weighted by molar-refractivity contribution is -0.121. The molecule has 1 aliphatic heterocycles. The van der Waals surface area contributed by atoms with E-state index in [1.54, 1.807) is 0 Å². The van der Waals surface area contributed by atoms with Crippen LogP contribution < -0.4 is 4.90 Å². The Bertz CT molecular complexity index is 535. The number of nitrogens with zero attached hydrogens (tertiary/aromatic N) is 1. The number of aryl methyl sites for hydroxylation is 1. The molecule has 2 saturated carbocycles. The Morgan fingerprint density at radius 1 is 1.00 bits per heavy atom. The number of ketones is 1. The van der Waals surface area contributed by atoms with E-state index in [-0.39, 0.29) is 11.1 Å². The number of hydrogen-bond donors (Lipinski definition) is 0. The van der Waals surface area contributed by atoms with Crippen LogP contribution in [0.4, 0.5) is 5.69 Å². The van der Waals surface area contributed by atoms with Gasteiger partial charge in [0.05, 0.1) is 5.54 Å². The minimum absolute atomic E-state index is 0.112. The molecule has 0 N–H and O–H groups in total. The smallest absolute Gasteiger partial charge is 0.160 e. The molecule has 1 heterocycles. The molecular formula is C17H21NO. The lowest BCUT2D eigenvalue weighted by Crippen LogP contribution is -2.29. The van der Waals surface area contributed by atoms with Crippen LogP contribution in [-0.2, 0) is 4.79 Å². The van der Waals surface area contributed by atoms with E-state index >= 15 is 0 Å². The van der Waals surface area contributed by atoms with Gasteiger partial charge in [-0.3, -0.25) is 4.79 Å². The molecule has 0 bridgehead atoms. The Balaban J connectivity index is 1.79. The summed E-state index contributed by atoms with van der Waals surface area (Å²) in [6.07, 6.45) is 7.86. The third-order valence-corrected chi connectivity index (χ3v) is 5.66. The predicted molar refractivity (Wildman–Crippen MR) is 76.4 cm³/mol. The first-order chi connectivity index (χ1) is 9.21. The van der Waals surface area contributed by atoms with Gasteiger partial charge in [-0.2, -0.15) is 0 Å². The van der Waals surface area contributed by atoms with Crippen LogP contribution in [0.2, 0.25) is 0 Å². The van der Waals surface area contributed by atoms with Crippen molar-refractivity contribution in [2.24, 2.45) is 0 Å². The van der Waals surface area contributed by atoms with Crippen LogP contribution in [0.3, 0.4) is 0 Å². The Morgan fingerprint density at radius 2 is 1.74 bits per heavy atom. The number of rotatable bonds is 1. The van der Waals surface area contributed by atoms with Gasteiger partial charge >= 0.3 is 0 Å². The van der Waals surface area contributed by atoms with Crippen LogP contribution in [0.5, 0.6) is 0 Å². The average Bonchev–Trinajstić information content (AvgIpc) is 2.84. The fourth-order valence-corrected chi connectivity index (χ4v) is 4.85. The first-order valence-electron chi connectivity index (χ1n) is 7.61. The normalized spacial score (nSPS) is 36.7. The van der Waals surface area contributed by atoms with Crippen molar-refractivity contribution in [3.8, 4) is 0 Å². The molecule has 0 amide bonds. The summed E-state index contributed by atoms with van der Waals surface area (Å²) in [5, 5.41) is 0. The van der Waals surface area contributed by atoms with E-state index in [0.717, 1.165) is 19.3 Å². The highest BCUT2D eigenvalue weighted by atomic mass is 16.1. The SMILES string of the molecule is Cc1ccc(N2C34CCCCC(=O)C23CCC4)cc1. The number of carbonyl (C=O) groups excluding carboxylic acids is 1. The Labute approximate surface area is 114 Å². The molecule has 0 radical (unpaired) electrons. The van der Waals surface area contributed by atoms with Crippen molar-refractivity contribution in [3.05, 3.63) is 29.8 Å². The second kappa shape index (κ2) is 3.62. The van der Waals surface area contributed by atoms with Crippen molar-refractivity contribution in [2.45, 2.75) is 62.9 Å². The summed E-state index contributed by atoms with van der Waals surface area (Å²) in [7, 11) is 0. The number of carbonyl (C=O) groups is 1. The molecule has 2 heteroatoms. The molecule has 100 valence electrons. The van der Waals surface area contributed by atoms with E-state index in [0.29, 0.717) is 5.78 Å². The molecule has 4 rings (SSSR count). The molecule has 2 aliphatic carbocycles. The molecule has 3 aliphatic rings. The van der Waals surface area contributed by atoms with E-state index in [1.807, 2.05) is 0 Å². The summed E-state index contributed by atoms with van der Waals surface area (Å²) in [4.78, 5) is 15.1. The molecule has 2 atom stereocenters. The van der Waals surface area contributed by atoms with Gasteiger partial charge in [0.25, 0.3) is 0 Å². The van der Waals surface area contributed by atoms with Crippen molar-refractivity contribution in [2.75, 3.05) is 4.90 Å². The molecule has 1 aromatic carbocycles. The number of hydrogen-bond acceptors (Lipinski definition) is 2. The van der Waals surface area contributed by atoms with Gasteiger partial charge in [-0.1, -0.05) is 24.1 Å². The van der Waals surface area contributed by atoms with Gasteiger partial charge in [0.1, 0.15) is 5.54 Å². The van der Waals surface area contributed by atoms with Crippen LogP contribution in [0.1, 0.15) is 50.5 Å². The maximum absolute atomic E-state index is 12.7. The van der Waals surface area contributed by atoms with Crippen LogP contribution in [0.25, 0.3) is 0 Å². The number of piperidine rings is 1. The van der Waals surface area contributed by atoms with Gasteiger partial charge in [0.15, 0.2) is 5.78 Å². The Morgan fingerprint density at radius 3 is 2.53 bits per heavy atom. The lowest BCUT2D eigenvalue weighted by Gasteiger charge is -2.20. The van der Waals surface area contributed by atoms with Crippen LogP contribution in [0.15, 0.2) is 24.3 Å². The highest BCUT2D eigenvalue weighted by molar-refractivity contribution is 6.02. The van der Waals surface area contributed by atoms with Gasteiger partial charge in [-0.15, -0.1) is 0 Å². The molecule has 0 aromatic heterocycles. The third kappa shape index (κ3) is 1.25. The van der Waals surface area contributed by atoms with Gasteiger partial charge in [0.2, 0.25) is 0 Å². The van der Waals surface area contributed by atoms with Gasteiger partial charge < -0.3 is 4.90 Å². The number of Topliss-reactive ketones (excluding diaryl/α,β-unsaturated/α-hetero) is 1. The topological polar surface area (TPSA) is 20.1 Å². The zero-order valence-electron chi connectivity index (χ0n) is 11.6. The molecule has 2 unspecified atom stereocenters. The lowest BCUT2D eigenvalue weighted by atomic mass is 9.91. The molecular weight excluding hydrogens is 234 g/mol. The largest absolute Gasteiger partial charge is 0.348 e. The van der Waals surface area contributed by atoms with Gasteiger partial charge in [-0.05, 0) is 51.2 Å². The molecule has 2 nitrogen and oxygen atoms in total. The fourth-order valence-electron chi connectivity index (χ4n) is 4.85. The van der Waals surface area contributed by atoms with Crippen molar-refractivity contribution in [1.29, 1.82) is 0 Å². The van der Waals surface area contributed by atoms with E-state index < -0.39 is 0 Å². The first kappa shape index (κ1) is 11.5. The van der Waals surface area contributed by atoms with Crippen LogP contribution >= 0.6 is 0 Å². The zero-order valence-corrected chi connectivity index (χ0v) is 11.6. The van der Waals surface area contributed by atoms with Crippen LogP contribution in [0, 0.1) is 6.92 Å². The maximum Gasteiger partial charge on any atom is 0.160 e. The number of anilines is 1. The highest BCUT2D eigenvalue weighted by Crippen LogP contribution is 2.67. The van der Waals surface area contributed by atoms with Gasteiger partial charge in [0, 0.05) is 12.1 Å². The number of benzene rings is 1. The Hall–Kier alpha value is -1.31. The van der Waals surface area contributed by atoms with Crippen LogP contribution in [-0.4, -0.2) is 16.9 Å². The summed E-state index contributed by atoms with van der Waals surface area (Å²) in [5.41, 5.74) is 2.63. The minimum Gasteiger partial charge on any atom is -0.348 e. The molecule has 3 fully saturated rings. The minimum atomic E-state index is -0.112. The summed E-state index contributed by atoms with van der Waals surface area (Å²) in [5.74, 6) is 0.517. The van der Waals surface area contributed by atoms with Gasteiger partial charge in [-0.25, -0.2) is 0 Å². The quantitative estimate of drug-likeness (QED) is 0.714. The second-order valence-corrected chi connectivity index (χ2v) is 6.55. The average molecular weight is 255 g/mol. The molecule has 19 heavy (non-hydrogen) atoms. The second-order valence-electron chi connectivity index (χ2n) is 6.55. The predicted octanol–water partition coefficient (Wildman–Crippen LogP) is 3.62. The van der Waals surface area contributed by atoms with E-state index in [2.05, 4.69) is 36.1 Å². The molecule has 1 saturated heterocycles. The third-order valence-electron chi connectivity index (χ3n) is 5.66. The van der Waals surface area contributed by atoms with E-state index in [4.69, 9.17) is 0 Å². The fraction of sp³-hybridized carbons (Fsp3) is 0.588.